The summed E-state index contributed by atoms with van der Waals surface area (Å²) in [6, 6.07) is 0. The number of aliphatic hydroxyl groups is 1. The SMILES string of the molecule is CC1CC2C3CCC4=CC(=O)C=CC4(C)C3C(O)CC2(C)C1C(=O)COC(=O)CCCCCO[N+](=O)[O-].CCCCC(=O)N=O. The Labute approximate surface area is 264 Å². The highest BCUT2D eigenvalue weighted by molar-refractivity contribution is 6.01. The predicted molar refractivity (Wildman–Crippen MR) is 164 cm³/mol. The highest BCUT2D eigenvalue weighted by atomic mass is 16.9. The quantitative estimate of drug-likeness (QED) is 0.0898. The first-order chi connectivity index (χ1) is 21.3. The minimum absolute atomic E-state index is 0.00127. The molecular weight excluding hydrogens is 584 g/mol. The topological polar surface area (TPSA) is 180 Å². The van der Waals surface area contributed by atoms with Gasteiger partial charge in [-0.25, -0.2) is 0 Å². The first kappa shape index (κ1) is 36.2. The van der Waals surface area contributed by atoms with Crippen LogP contribution in [0.25, 0.3) is 0 Å². The molecule has 45 heavy (non-hydrogen) atoms. The third kappa shape index (κ3) is 8.51. The Hall–Kier alpha value is -3.28. The summed E-state index contributed by atoms with van der Waals surface area (Å²) in [6.07, 6.45) is 11.7. The van der Waals surface area contributed by atoms with Crippen LogP contribution in [0.1, 0.15) is 98.3 Å². The van der Waals surface area contributed by atoms with E-state index in [0.717, 1.165) is 37.7 Å². The van der Waals surface area contributed by atoms with Gasteiger partial charge in [0.05, 0.1) is 12.7 Å². The van der Waals surface area contributed by atoms with Crippen LogP contribution in [0.3, 0.4) is 0 Å². The fraction of sp³-hybridized carbons (Fsp3) is 0.758. The van der Waals surface area contributed by atoms with Gasteiger partial charge >= 0.3 is 5.97 Å². The lowest BCUT2D eigenvalue weighted by atomic mass is 9.46. The Bertz CT molecular complexity index is 1200. The second-order valence-corrected chi connectivity index (χ2v) is 13.6. The van der Waals surface area contributed by atoms with Crippen molar-refractivity contribution in [3.63, 3.8) is 0 Å². The van der Waals surface area contributed by atoms with Crippen LogP contribution in [0, 0.1) is 55.4 Å². The molecule has 3 fully saturated rings. The van der Waals surface area contributed by atoms with Gasteiger partial charge in [-0.05, 0) is 80.3 Å². The fourth-order valence-corrected chi connectivity index (χ4v) is 8.75. The number of carbonyl (C=O) groups is 4. The lowest BCUT2D eigenvalue weighted by Gasteiger charge is -2.58. The van der Waals surface area contributed by atoms with Crippen molar-refractivity contribution in [2.75, 3.05) is 13.2 Å². The van der Waals surface area contributed by atoms with E-state index in [1.807, 2.05) is 13.0 Å². The number of Topliss-reactive ketones (excluding diaryl/α,β-unsaturated/α-hetero) is 1. The number of amides is 1. The van der Waals surface area contributed by atoms with Gasteiger partial charge in [-0.3, -0.25) is 19.2 Å². The monoisotopic (exact) mass is 632 g/mol. The lowest BCUT2D eigenvalue weighted by Crippen LogP contribution is -2.56. The van der Waals surface area contributed by atoms with Crippen molar-refractivity contribution in [3.8, 4) is 0 Å². The number of esters is 1. The summed E-state index contributed by atoms with van der Waals surface area (Å²) in [5, 5.41) is 23.0. The van der Waals surface area contributed by atoms with Crippen molar-refractivity contribution in [2.45, 2.75) is 104 Å². The van der Waals surface area contributed by atoms with E-state index in [2.05, 4.69) is 30.8 Å². The van der Waals surface area contributed by atoms with E-state index >= 15 is 0 Å². The standard InChI is InChI=1S/C28H39NO8.C5H9NO2/c1-17-13-21-20-9-8-18-14-19(30)10-11-27(18,2)26(20)22(31)15-28(21,3)25(17)23(32)16-36-24(33)7-5-4-6-12-37-29(34)35;1-2-3-4-5(7)6-8/h10-11,14,17,20-22,25-26,31H,4-9,12-13,15-16H2,1-3H3;2-4H2,1H3. The van der Waals surface area contributed by atoms with Gasteiger partial charge in [0.2, 0.25) is 0 Å². The molecule has 1 N–H and O–H groups in total. The number of ether oxygens (including phenoxy) is 1. The molecule has 250 valence electrons. The first-order valence-corrected chi connectivity index (χ1v) is 16.2. The molecule has 0 radical (unpaired) electrons. The van der Waals surface area contributed by atoms with Gasteiger partial charge in [0.15, 0.2) is 11.6 Å². The lowest BCUT2D eigenvalue weighted by molar-refractivity contribution is -0.757. The zero-order valence-electron chi connectivity index (χ0n) is 26.9. The van der Waals surface area contributed by atoms with Crippen LogP contribution in [0.2, 0.25) is 0 Å². The van der Waals surface area contributed by atoms with Crippen LogP contribution < -0.4 is 0 Å². The van der Waals surface area contributed by atoms with Crippen molar-refractivity contribution in [3.05, 3.63) is 38.8 Å². The van der Waals surface area contributed by atoms with E-state index in [1.54, 1.807) is 12.2 Å². The molecule has 3 saturated carbocycles. The molecule has 0 aromatic heterocycles. The normalized spacial score (nSPS) is 32.9. The van der Waals surface area contributed by atoms with Crippen LogP contribution in [-0.4, -0.2) is 53.0 Å². The molecule has 4 rings (SSSR count). The Balaban J connectivity index is 0.000000610. The van der Waals surface area contributed by atoms with Gasteiger partial charge < -0.3 is 14.7 Å². The second kappa shape index (κ2) is 15.8. The molecule has 12 heteroatoms. The average Bonchev–Trinajstić information content (AvgIpc) is 3.25. The van der Waals surface area contributed by atoms with Crippen LogP contribution in [0.15, 0.2) is 29.0 Å². The molecule has 1 amide bonds. The van der Waals surface area contributed by atoms with E-state index in [0.29, 0.717) is 32.1 Å². The molecule has 8 unspecified atom stereocenters. The number of allylic oxidation sites excluding steroid dienone is 4. The number of ketones is 2. The smallest absolute Gasteiger partial charge is 0.306 e. The Kier molecular flexibility index (Phi) is 12.7. The maximum atomic E-state index is 13.4. The highest BCUT2D eigenvalue weighted by Gasteiger charge is 2.64. The van der Waals surface area contributed by atoms with E-state index < -0.39 is 23.1 Å². The number of hydrogen-bond acceptors (Lipinski definition) is 10. The van der Waals surface area contributed by atoms with Crippen molar-refractivity contribution in [1.29, 1.82) is 0 Å². The molecule has 0 aromatic carbocycles. The third-order valence-corrected chi connectivity index (χ3v) is 10.6. The molecule has 12 nitrogen and oxygen atoms in total. The third-order valence-electron chi connectivity index (χ3n) is 10.6. The summed E-state index contributed by atoms with van der Waals surface area (Å²) in [7, 11) is 0. The van der Waals surface area contributed by atoms with Gasteiger partial charge in [0.1, 0.15) is 6.61 Å². The van der Waals surface area contributed by atoms with E-state index in [-0.39, 0.29) is 71.6 Å². The van der Waals surface area contributed by atoms with Gasteiger partial charge in [-0.2, -0.15) is 0 Å². The first-order valence-electron chi connectivity index (χ1n) is 16.2. The Morgan fingerprint density at radius 1 is 1.16 bits per heavy atom. The van der Waals surface area contributed by atoms with Crippen molar-refractivity contribution in [1.82, 2.24) is 0 Å². The molecule has 0 spiro atoms. The maximum Gasteiger partial charge on any atom is 0.306 e. The highest BCUT2D eigenvalue weighted by Crippen LogP contribution is 2.67. The minimum atomic E-state index is -0.835. The molecule has 0 saturated heterocycles. The zero-order chi connectivity index (χ0) is 33.4. The Morgan fingerprint density at radius 3 is 2.56 bits per heavy atom. The molecule has 0 aliphatic heterocycles. The number of nitroso groups, excluding NO2 is 1. The average molecular weight is 633 g/mol. The second-order valence-electron chi connectivity index (χ2n) is 13.6. The summed E-state index contributed by atoms with van der Waals surface area (Å²) < 4.78 is 5.33. The van der Waals surface area contributed by atoms with Crippen molar-refractivity contribution >= 4 is 23.4 Å². The Morgan fingerprint density at radius 2 is 1.89 bits per heavy atom. The van der Waals surface area contributed by atoms with Gasteiger partial charge in [-0.15, -0.1) is 15.0 Å². The number of unbranched alkanes of at least 4 members (excludes halogenated alkanes) is 3. The number of nitrogens with zero attached hydrogens (tertiary/aromatic N) is 2. The molecule has 4 aliphatic rings. The van der Waals surface area contributed by atoms with Gasteiger partial charge in [0.25, 0.3) is 11.0 Å². The van der Waals surface area contributed by atoms with Crippen LogP contribution in [0.5, 0.6) is 0 Å². The summed E-state index contributed by atoms with van der Waals surface area (Å²) in [5.41, 5.74) is 0.403. The molecule has 0 heterocycles. The van der Waals surface area contributed by atoms with E-state index in [4.69, 9.17) is 4.74 Å². The van der Waals surface area contributed by atoms with E-state index in [9.17, 15) is 39.3 Å². The largest absolute Gasteiger partial charge is 0.458 e. The van der Waals surface area contributed by atoms with Crippen LogP contribution in [0.4, 0.5) is 0 Å². The van der Waals surface area contributed by atoms with Crippen molar-refractivity contribution in [2.24, 2.45) is 45.6 Å². The molecule has 0 bridgehead atoms. The summed E-state index contributed by atoms with van der Waals surface area (Å²) in [6.45, 7) is 8.06. The number of aliphatic hydroxyl groups excluding tert-OH is 1. The number of hydrogen-bond donors (Lipinski definition) is 1. The molecule has 8 atom stereocenters. The van der Waals surface area contributed by atoms with Gasteiger partial charge in [0, 0.05) is 35.3 Å². The fourth-order valence-electron chi connectivity index (χ4n) is 8.75. The molecule has 4 aliphatic carbocycles. The van der Waals surface area contributed by atoms with Crippen LogP contribution >= 0.6 is 0 Å². The van der Waals surface area contributed by atoms with E-state index in [1.165, 1.54) is 0 Å². The summed E-state index contributed by atoms with van der Waals surface area (Å²) in [4.78, 5) is 71.5. The predicted octanol–water partition coefficient (Wildman–Crippen LogP) is 5.48. The molecule has 0 aromatic rings. The zero-order valence-corrected chi connectivity index (χ0v) is 26.9. The maximum absolute atomic E-state index is 13.4. The number of carbonyl (C=O) groups excluding carboxylic acids is 4. The minimum Gasteiger partial charge on any atom is -0.458 e. The number of fused-ring (bicyclic) bond motifs is 5. The van der Waals surface area contributed by atoms with Crippen molar-refractivity contribution < 1.29 is 38.9 Å². The van der Waals surface area contributed by atoms with Crippen LogP contribution in [-0.2, 0) is 28.8 Å². The molecular formula is C33H48N2O10. The summed E-state index contributed by atoms with van der Waals surface area (Å²) >= 11 is 0. The number of rotatable bonds is 13. The van der Waals surface area contributed by atoms with Gasteiger partial charge in [-0.1, -0.05) is 52.2 Å². The summed E-state index contributed by atoms with van der Waals surface area (Å²) in [5.74, 6) is -0.645.